The molecule has 0 saturated carbocycles. The fourth-order valence-electron chi connectivity index (χ4n) is 1.68. The molecule has 19 heavy (non-hydrogen) atoms. The molecule has 0 bridgehead atoms. The molecule has 3 nitrogen and oxygen atoms in total. The molecule has 0 unspecified atom stereocenters. The number of nitrogen functional groups attached to an aromatic ring is 1. The van der Waals surface area contributed by atoms with Gasteiger partial charge in [-0.15, -0.1) is 0 Å². The lowest BCUT2D eigenvalue weighted by molar-refractivity contribution is 0.101. The molecule has 0 fully saturated rings. The minimum absolute atomic E-state index is 0.0959. The van der Waals surface area contributed by atoms with Crippen molar-refractivity contribution in [3.8, 4) is 0 Å². The van der Waals surface area contributed by atoms with Crippen molar-refractivity contribution in [1.82, 2.24) is 0 Å². The van der Waals surface area contributed by atoms with Crippen LogP contribution < -0.4 is 11.1 Å². The number of Topliss-reactive ketones (excluding diaryl/α,β-unsaturated/α-hetero) is 1. The Bertz CT molecular complexity index is 643. The van der Waals surface area contributed by atoms with Crippen molar-refractivity contribution >= 4 is 38.8 Å². The number of carbonyl (C=O) groups is 1. The fraction of sp³-hybridized carbons (Fsp3) is 0.0714. The largest absolute Gasteiger partial charge is 0.398 e. The number of rotatable bonds is 3. The van der Waals surface area contributed by atoms with Crippen molar-refractivity contribution in [3.63, 3.8) is 0 Å². The number of nitrogens with two attached hydrogens (primary N) is 1. The molecule has 2 rings (SSSR count). The summed E-state index contributed by atoms with van der Waals surface area (Å²) >= 11 is 3.12. The number of nitrogens with one attached hydrogen (secondary N) is 1. The third kappa shape index (κ3) is 3.12. The van der Waals surface area contributed by atoms with E-state index in [4.69, 9.17) is 5.73 Å². The second-order valence-electron chi connectivity index (χ2n) is 4.11. The maximum Gasteiger partial charge on any atom is 0.161 e. The van der Waals surface area contributed by atoms with Crippen LogP contribution in [0.5, 0.6) is 0 Å². The highest BCUT2D eigenvalue weighted by molar-refractivity contribution is 9.10. The standard InChI is InChI=1S/C14H12BrFN2O/c1-8(19)11-6-9(3-5-14(11)17)18-10-2-4-13(16)12(15)7-10/h2-7,18H,17H2,1H3. The molecule has 0 spiro atoms. The van der Waals surface area contributed by atoms with Crippen molar-refractivity contribution in [2.75, 3.05) is 11.1 Å². The first kappa shape index (κ1) is 13.5. The van der Waals surface area contributed by atoms with Gasteiger partial charge in [0.2, 0.25) is 0 Å². The zero-order valence-corrected chi connectivity index (χ0v) is 11.8. The molecule has 0 saturated heterocycles. The summed E-state index contributed by atoms with van der Waals surface area (Å²) in [5, 5.41) is 3.09. The van der Waals surface area contributed by atoms with E-state index in [2.05, 4.69) is 21.2 Å². The van der Waals surface area contributed by atoms with E-state index in [9.17, 15) is 9.18 Å². The van der Waals surface area contributed by atoms with Crippen LogP contribution in [0.2, 0.25) is 0 Å². The van der Waals surface area contributed by atoms with Crippen LogP contribution in [0.3, 0.4) is 0 Å². The quantitative estimate of drug-likeness (QED) is 0.660. The molecular weight excluding hydrogens is 311 g/mol. The molecule has 0 atom stereocenters. The summed E-state index contributed by atoms with van der Waals surface area (Å²) in [5.74, 6) is -0.422. The summed E-state index contributed by atoms with van der Waals surface area (Å²) in [6.07, 6.45) is 0. The lowest BCUT2D eigenvalue weighted by Crippen LogP contribution is -2.01. The van der Waals surface area contributed by atoms with Gasteiger partial charge < -0.3 is 11.1 Å². The molecular formula is C14H12BrFN2O. The van der Waals surface area contributed by atoms with Gasteiger partial charge in [0.1, 0.15) is 5.82 Å². The number of carbonyl (C=O) groups excluding carboxylic acids is 1. The third-order valence-corrected chi connectivity index (χ3v) is 3.25. The van der Waals surface area contributed by atoms with E-state index in [1.807, 2.05) is 0 Å². The molecule has 0 heterocycles. The molecule has 98 valence electrons. The zero-order chi connectivity index (χ0) is 14.0. The smallest absolute Gasteiger partial charge is 0.161 e. The first-order valence-electron chi connectivity index (χ1n) is 5.60. The monoisotopic (exact) mass is 322 g/mol. The van der Waals surface area contributed by atoms with Gasteiger partial charge >= 0.3 is 0 Å². The van der Waals surface area contributed by atoms with E-state index < -0.39 is 0 Å². The van der Waals surface area contributed by atoms with Gasteiger partial charge in [-0.3, -0.25) is 4.79 Å². The SMILES string of the molecule is CC(=O)c1cc(Nc2ccc(F)c(Br)c2)ccc1N. The fourth-order valence-corrected chi connectivity index (χ4v) is 2.06. The molecule has 0 aliphatic rings. The lowest BCUT2D eigenvalue weighted by atomic mass is 10.1. The van der Waals surface area contributed by atoms with Gasteiger partial charge in [-0.05, 0) is 59.3 Å². The number of hydrogen-bond donors (Lipinski definition) is 2. The Labute approximate surface area is 118 Å². The van der Waals surface area contributed by atoms with Gasteiger partial charge in [-0.25, -0.2) is 4.39 Å². The van der Waals surface area contributed by atoms with Gasteiger partial charge in [0.25, 0.3) is 0 Å². The van der Waals surface area contributed by atoms with Crippen LogP contribution in [0.4, 0.5) is 21.5 Å². The van der Waals surface area contributed by atoms with Crippen LogP contribution in [0.15, 0.2) is 40.9 Å². The molecule has 0 aliphatic heterocycles. The van der Waals surface area contributed by atoms with Gasteiger partial charge in [0, 0.05) is 22.6 Å². The minimum atomic E-state index is -0.327. The Balaban J connectivity index is 2.30. The number of benzene rings is 2. The van der Waals surface area contributed by atoms with E-state index in [1.165, 1.54) is 13.0 Å². The van der Waals surface area contributed by atoms with Gasteiger partial charge in [0.15, 0.2) is 5.78 Å². The average Bonchev–Trinajstić information content (AvgIpc) is 2.36. The van der Waals surface area contributed by atoms with Gasteiger partial charge in [-0.2, -0.15) is 0 Å². The summed E-state index contributed by atoms with van der Waals surface area (Å²) in [4.78, 5) is 11.4. The minimum Gasteiger partial charge on any atom is -0.398 e. The van der Waals surface area contributed by atoms with Crippen molar-refractivity contribution < 1.29 is 9.18 Å². The van der Waals surface area contributed by atoms with E-state index >= 15 is 0 Å². The number of hydrogen-bond acceptors (Lipinski definition) is 3. The summed E-state index contributed by atoms with van der Waals surface area (Å²) in [6, 6.07) is 9.70. The van der Waals surface area contributed by atoms with Crippen LogP contribution in [0, 0.1) is 5.82 Å². The normalized spacial score (nSPS) is 10.3. The van der Waals surface area contributed by atoms with E-state index in [0.29, 0.717) is 21.4 Å². The first-order chi connectivity index (χ1) is 8.97. The highest BCUT2D eigenvalue weighted by atomic mass is 79.9. The lowest BCUT2D eigenvalue weighted by Gasteiger charge is -2.10. The van der Waals surface area contributed by atoms with E-state index in [0.717, 1.165) is 5.69 Å². The van der Waals surface area contributed by atoms with Crippen molar-refractivity contribution in [3.05, 3.63) is 52.3 Å². The molecule has 0 aliphatic carbocycles. The number of halogens is 2. The molecule has 0 aromatic heterocycles. The molecule has 2 aromatic carbocycles. The van der Waals surface area contributed by atoms with Crippen LogP contribution in [-0.4, -0.2) is 5.78 Å². The molecule has 2 aromatic rings. The number of anilines is 3. The van der Waals surface area contributed by atoms with E-state index in [1.54, 1.807) is 30.3 Å². The molecule has 3 N–H and O–H groups in total. The maximum atomic E-state index is 13.1. The van der Waals surface area contributed by atoms with Crippen LogP contribution in [-0.2, 0) is 0 Å². The summed E-state index contributed by atoms with van der Waals surface area (Å²) < 4.78 is 13.5. The maximum absolute atomic E-state index is 13.1. The Morgan fingerprint density at radius 1 is 1.21 bits per heavy atom. The second kappa shape index (κ2) is 5.40. The zero-order valence-electron chi connectivity index (χ0n) is 10.2. The third-order valence-electron chi connectivity index (χ3n) is 2.64. The first-order valence-corrected chi connectivity index (χ1v) is 6.39. The second-order valence-corrected chi connectivity index (χ2v) is 4.97. The number of ketones is 1. The Morgan fingerprint density at radius 2 is 1.84 bits per heavy atom. The van der Waals surface area contributed by atoms with E-state index in [-0.39, 0.29) is 11.6 Å². The van der Waals surface area contributed by atoms with Crippen molar-refractivity contribution in [2.24, 2.45) is 0 Å². The topological polar surface area (TPSA) is 55.1 Å². The average molecular weight is 323 g/mol. The predicted molar refractivity (Wildman–Crippen MR) is 78.2 cm³/mol. The molecule has 0 radical (unpaired) electrons. The van der Waals surface area contributed by atoms with Crippen molar-refractivity contribution in [2.45, 2.75) is 6.92 Å². The summed E-state index contributed by atoms with van der Waals surface area (Å²) in [7, 11) is 0. The van der Waals surface area contributed by atoms with Crippen molar-refractivity contribution in [1.29, 1.82) is 0 Å². The summed E-state index contributed by atoms with van der Waals surface area (Å²) in [6.45, 7) is 1.46. The van der Waals surface area contributed by atoms with Gasteiger partial charge in [-0.1, -0.05) is 0 Å². The Hall–Kier alpha value is -1.88. The van der Waals surface area contributed by atoms with Crippen LogP contribution in [0.1, 0.15) is 17.3 Å². The highest BCUT2D eigenvalue weighted by Gasteiger charge is 2.06. The van der Waals surface area contributed by atoms with Gasteiger partial charge in [0.05, 0.1) is 4.47 Å². The Kier molecular flexibility index (Phi) is 3.85. The Morgan fingerprint density at radius 3 is 2.47 bits per heavy atom. The van der Waals surface area contributed by atoms with Crippen LogP contribution >= 0.6 is 15.9 Å². The predicted octanol–water partition coefficient (Wildman–Crippen LogP) is 4.12. The molecule has 5 heteroatoms. The summed E-state index contributed by atoms with van der Waals surface area (Å²) in [5.41, 5.74) is 8.06. The molecule has 0 amide bonds. The van der Waals surface area contributed by atoms with Crippen LogP contribution in [0.25, 0.3) is 0 Å². The highest BCUT2D eigenvalue weighted by Crippen LogP contribution is 2.25.